The highest BCUT2D eigenvalue weighted by Gasteiger charge is 2.26. The van der Waals surface area contributed by atoms with Gasteiger partial charge in [0.25, 0.3) is 0 Å². The minimum absolute atomic E-state index is 0.0190. The van der Waals surface area contributed by atoms with Crippen LogP contribution < -0.4 is 15.4 Å². The lowest BCUT2D eigenvalue weighted by atomic mass is 10.1. The Morgan fingerprint density at radius 2 is 1.62 bits per heavy atom. The van der Waals surface area contributed by atoms with Crippen molar-refractivity contribution >= 4 is 27.5 Å². The zero-order chi connectivity index (χ0) is 23.1. The maximum Gasteiger partial charge on any atom is 0.241 e. The average Bonchev–Trinajstić information content (AvgIpc) is 3.29. The van der Waals surface area contributed by atoms with Gasteiger partial charge in [0.15, 0.2) is 0 Å². The Morgan fingerprint density at radius 3 is 2.22 bits per heavy atom. The van der Waals surface area contributed by atoms with Crippen molar-refractivity contribution in [1.29, 1.82) is 0 Å². The molecule has 2 aromatic carbocycles. The first kappa shape index (κ1) is 23.9. The topological polar surface area (TPSA) is 108 Å². The number of nitrogens with one attached hydrogen (secondary N) is 3. The molecule has 0 spiro atoms. The fourth-order valence-electron chi connectivity index (χ4n) is 3.81. The van der Waals surface area contributed by atoms with Gasteiger partial charge in [-0.25, -0.2) is 8.42 Å². The second-order valence-corrected chi connectivity index (χ2v) is 9.68. The zero-order valence-electron chi connectivity index (χ0n) is 18.4. The Balaban J connectivity index is 1.61. The van der Waals surface area contributed by atoms with Crippen molar-refractivity contribution in [3.8, 4) is 0 Å². The van der Waals surface area contributed by atoms with Crippen LogP contribution in [0.4, 0.5) is 5.69 Å². The molecule has 0 aliphatic carbocycles. The monoisotopic (exact) mass is 458 g/mol. The highest BCUT2D eigenvalue weighted by molar-refractivity contribution is 7.89. The third-order valence-electron chi connectivity index (χ3n) is 5.45. The molecule has 172 valence electrons. The van der Waals surface area contributed by atoms with Crippen LogP contribution in [0.25, 0.3) is 0 Å². The van der Waals surface area contributed by atoms with Crippen LogP contribution in [0.2, 0.25) is 0 Å². The Bertz CT molecular complexity index is 1020. The molecule has 9 heteroatoms. The summed E-state index contributed by atoms with van der Waals surface area (Å²) in [7, 11) is -3.89. The minimum Gasteiger partial charge on any atom is -0.353 e. The number of nitrogens with zero attached hydrogens (tertiary/aromatic N) is 1. The van der Waals surface area contributed by atoms with Crippen LogP contribution in [0, 0.1) is 0 Å². The fourth-order valence-corrected chi connectivity index (χ4v) is 5.01. The fraction of sp³-hybridized carbons (Fsp3) is 0.391. The third kappa shape index (κ3) is 6.38. The molecule has 0 bridgehead atoms. The van der Waals surface area contributed by atoms with Crippen LogP contribution in [0.5, 0.6) is 0 Å². The molecule has 3 N–H and O–H groups in total. The third-order valence-corrected chi connectivity index (χ3v) is 7.00. The smallest absolute Gasteiger partial charge is 0.241 e. The van der Waals surface area contributed by atoms with Crippen LogP contribution >= 0.6 is 0 Å². The maximum atomic E-state index is 12.7. The molecule has 2 aromatic rings. The van der Waals surface area contributed by atoms with Gasteiger partial charge in [-0.2, -0.15) is 4.72 Å². The minimum atomic E-state index is -3.89. The van der Waals surface area contributed by atoms with Crippen molar-refractivity contribution in [2.24, 2.45) is 0 Å². The maximum absolute atomic E-state index is 12.7. The Labute approximate surface area is 189 Å². The Kier molecular flexibility index (Phi) is 8.00. The van der Waals surface area contributed by atoms with E-state index in [1.807, 2.05) is 30.3 Å². The van der Waals surface area contributed by atoms with Gasteiger partial charge in [0.2, 0.25) is 21.8 Å². The van der Waals surface area contributed by atoms with E-state index < -0.39 is 16.1 Å². The normalized spacial score (nSPS) is 16.3. The Morgan fingerprint density at radius 1 is 1.00 bits per heavy atom. The first-order valence-corrected chi connectivity index (χ1v) is 12.2. The van der Waals surface area contributed by atoms with E-state index >= 15 is 0 Å². The number of sulfonamides is 1. The first-order valence-electron chi connectivity index (χ1n) is 10.7. The molecule has 2 atom stereocenters. The molecule has 1 aliphatic rings. The molecule has 0 radical (unpaired) electrons. The lowest BCUT2D eigenvalue weighted by Gasteiger charge is -2.28. The highest BCUT2D eigenvalue weighted by atomic mass is 32.2. The number of rotatable bonds is 9. The van der Waals surface area contributed by atoms with Crippen LogP contribution in [0.1, 0.15) is 38.3 Å². The molecule has 1 saturated heterocycles. The number of hydrogen-bond acceptors (Lipinski definition) is 5. The number of hydrogen-bond donors (Lipinski definition) is 3. The van der Waals surface area contributed by atoms with Gasteiger partial charge < -0.3 is 10.6 Å². The molecule has 1 aliphatic heterocycles. The standard InChI is InChI=1S/C23H30N4O4S/c1-17(26-32(30,31)21-12-10-20(11-13-21)25-18(2)28)23(29)24-16-22(27-14-6-7-15-27)19-8-4-3-5-9-19/h3-5,8-13,17,22,26H,6-7,14-16H2,1-2H3,(H,24,29)(H,25,28)/t17-,22?/m0/s1. The van der Waals surface area contributed by atoms with Gasteiger partial charge in [0.05, 0.1) is 17.0 Å². The summed E-state index contributed by atoms with van der Waals surface area (Å²) < 4.78 is 27.8. The van der Waals surface area contributed by atoms with Crippen molar-refractivity contribution in [2.45, 2.75) is 43.7 Å². The highest BCUT2D eigenvalue weighted by Crippen LogP contribution is 2.24. The van der Waals surface area contributed by atoms with E-state index in [-0.39, 0.29) is 22.8 Å². The van der Waals surface area contributed by atoms with E-state index in [1.165, 1.54) is 38.1 Å². The average molecular weight is 459 g/mol. The quantitative estimate of drug-likeness (QED) is 0.534. The SMILES string of the molecule is CC(=O)Nc1ccc(S(=O)(=O)N[C@@H](C)C(=O)NCC(c2ccccc2)N2CCCC2)cc1. The van der Waals surface area contributed by atoms with Gasteiger partial charge in [-0.05, 0) is 62.7 Å². The number of carbonyl (C=O) groups is 2. The van der Waals surface area contributed by atoms with Crippen LogP contribution in [0.15, 0.2) is 59.5 Å². The van der Waals surface area contributed by atoms with E-state index in [0.29, 0.717) is 12.2 Å². The first-order chi connectivity index (χ1) is 15.3. The number of likely N-dealkylation sites (tertiary alicyclic amines) is 1. The molecule has 1 heterocycles. The van der Waals surface area contributed by atoms with E-state index in [0.717, 1.165) is 31.5 Å². The molecule has 8 nitrogen and oxygen atoms in total. The van der Waals surface area contributed by atoms with Crippen molar-refractivity contribution in [2.75, 3.05) is 25.0 Å². The van der Waals surface area contributed by atoms with Gasteiger partial charge in [0.1, 0.15) is 0 Å². The predicted molar refractivity (Wildman–Crippen MR) is 124 cm³/mol. The molecule has 1 fully saturated rings. The summed E-state index contributed by atoms with van der Waals surface area (Å²) in [6, 6.07) is 14.9. The van der Waals surface area contributed by atoms with Crippen LogP contribution in [0.3, 0.4) is 0 Å². The summed E-state index contributed by atoms with van der Waals surface area (Å²) in [4.78, 5) is 26.2. The second kappa shape index (κ2) is 10.7. The summed E-state index contributed by atoms with van der Waals surface area (Å²) in [5.74, 6) is -0.629. The molecule has 3 rings (SSSR count). The van der Waals surface area contributed by atoms with Crippen molar-refractivity contribution in [3.05, 3.63) is 60.2 Å². The zero-order valence-corrected chi connectivity index (χ0v) is 19.2. The molecular weight excluding hydrogens is 428 g/mol. The van der Waals surface area contributed by atoms with Crippen LogP contribution in [-0.4, -0.2) is 50.8 Å². The summed E-state index contributed by atoms with van der Waals surface area (Å²) in [5, 5.41) is 5.49. The van der Waals surface area contributed by atoms with Crippen molar-refractivity contribution < 1.29 is 18.0 Å². The molecular formula is C23H30N4O4S. The van der Waals surface area contributed by atoms with Gasteiger partial charge >= 0.3 is 0 Å². The summed E-state index contributed by atoms with van der Waals surface area (Å²) in [5.41, 5.74) is 1.62. The molecule has 0 aromatic heterocycles. The van der Waals surface area contributed by atoms with E-state index in [4.69, 9.17) is 0 Å². The van der Waals surface area contributed by atoms with E-state index in [9.17, 15) is 18.0 Å². The number of amides is 2. The van der Waals surface area contributed by atoms with Gasteiger partial charge in [-0.15, -0.1) is 0 Å². The van der Waals surface area contributed by atoms with Gasteiger partial charge in [0, 0.05) is 19.2 Å². The lowest BCUT2D eigenvalue weighted by Crippen LogP contribution is -2.47. The van der Waals surface area contributed by atoms with Gasteiger partial charge in [-0.1, -0.05) is 30.3 Å². The van der Waals surface area contributed by atoms with Gasteiger partial charge in [-0.3, -0.25) is 14.5 Å². The lowest BCUT2D eigenvalue weighted by molar-refractivity contribution is -0.122. The summed E-state index contributed by atoms with van der Waals surface area (Å²) in [6.45, 7) is 5.25. The molecule has 1 unspecified atom stereocenters. The van der Waals surface area contributed by atoms with Crippen molar-refractivity contribution in [3.63, 3.8) is 0 Å². The second-order valence-electron chi connectivity index (χ2n) is 7.96. The van der Waals surface area contributed by atoms with Crippen LogP contribution in [-0.2, 0) is 19.6 Å². The largest absolute Gasteiger partial charge is 0.353 e. The molecule has 32 heavy (non-hydrogen) atoms. The predicted octanol–water partition coefficient (Wildman–Crippen LogP) is 2.27. The molecule has 2 amide bonds. The summed E-state index contributed by atoms with van der Waals surface area (Å²) >= 11 is 0. The number of benzene rings is 2. The number of anilines is 1. The number of carbonyl (C=O) groups excluding carboxylic acids is 2. The van der Waals surface area contributed by atoms with Crippen molar-refractivity contribution in [1.82, 2.24) is 14.9 Å². The Hall–Kier alpha value is -2.75. The molecule has 0 saturated carbocycles. The summed E-state index contributed by atoms with van der Waals surface area (Å²) in [6.07, 6.45) is 2.27. The van der Waals surface area contributed by atoms with E-state index in [2.05, 4.69) is 20.3 Å². The van der Waals surface area contributed by atoms with E-state index in [1.54, 1.807) is 0 Å².